The van der Waals surface area contributed by atoms with Gasteiger partial charge in [0.05, 0.1) is 6.54 Å². The third-order valence-corrected chi connectivity index (χ3v) is 5.95. The van der Waals surface area contributed by atoms with Crippen molar-refractivity contribution in [3.8, 4) is 5.75 Å². The molecule has 3 aromatic rings. The zero-order valence-electron chi connectivity index (χ0n) is 19.6. The fraction of sp³-hybridized carbons (Fsp3) is 0.296. The molecule has 1 aliphatic heterocycles. The second-order valence-electron chi connectivity index (χ2n) is 8.20. The Labute approximate surface area is 222 Å². The normalized spacial score (nSPS) is 12.4. The molecule has 0 aromatic heterocycles. The summed E-state index contributed by atoms with van der Waals surface area (Å²) in [5, 5.41) is 13.9. The molecule has 0 unspecified atom stereocenters. The molecule has 4 rings (SSSR count). The Hall–Kier alpha value is -2.54. The van der Waals surface area contributed by atoms with Gasteiger partial charge in [-0.15, -0.1) is 0 Å². The van der Waals surface area contributed by atoms with Gasteiger partial charge in [0.2, 0.25) is 0 Å². The van der Waals surface area contributed by atoms with Crippen LogP contribution in [0, 0.1) is 5.82 Å². The maximum Gasteiger partial charge on any atom is 1.00 e. The summed E-state index contributed by atoms with van der Waals surface area (Å²) in [6.45, 7) is 3.03. The number of hydrogen-bond acceptors (Lipinski definition) is 5. The fourth-order valence-corrected chi connectivity index (χ4v) is 4.26. The number of halogens is 1. The molecule has 0 radical (unpaired) electrons. The van der Waals surface area contributed by atoms with E-state index in [1.165, 1.54) is 22.9 Å². The number of para-hydroxylation sites is 1. The Morgan fingerprint density at radius 2 is 1.88 bits per heavy atom. The van der Waals surface area contributed by atoms with Gasteiger partial charge in [0.1, 0.15) is 18.2 Å². The molecule has 7 heteroatoms. The molecule has 0 aliphatic carbocycles. The number of anilines is 2. The summed E-state index contributed by atoms with van der Waals surface area (Å²) in [5.41, 5.74) is 4.81. The average molecular weight is 471 g/mol. The molecule has 5 nitrogen and oxygen atoms in total. The summed E-state index contributed by atoms with van der Waals surface area (Å²) in [4.78, 5) is 13.0. The number of carbonyl (C=O) groups is 1. The van der Waals surface area contributed by atoms with Gasteiger partial charge in [-0.2, -0.15) is 0 Å². The number of hydrogen-bond donors (Lipinski definition) is 1. The molecule has 0 bridgehead atoms. The molecule has 0 saturated heterocycles. The van der Waals surface area contributed by atoms with Crippen LogP contribution < -0.4 is 49.6 Å². The summed E-state index contributed by atoms with van der Waals surface area (Å²) in [6.07, 6.45) is 2.04. The van der Waals surface area contributed by atoms with Crippen LogP contribution in [0.3, 0.4) is 0 Å². The number of carboxylic acids is 1. The third-order valence-electron chi connectivity index (χ3n) is 5.95. The fourth-order valence-electron chi connectivity index (χ4n) is 4.26. The molecule has 0 spiro atoms. The van der Waals surface area contributed by atoms with E-state index < -0.39 is 11.8 Å². The Morgan fingerprint density at radius 3 is 2.65 bits per heavy atom. The first kappa shape index (κ1) is 26.1. The van der Waals surface area contributed by atoms with Gasteiger partial charge >= 0.3 is 29.6 Å². The van der Waals surface area contributed by atoms with Crippen molar-refractivity contribution in [1.82, 2.24) is 0 Å². The minimum absolute atomic E-state index is 0. The molecule has 0 amide bonds. The third kappa shape index (κ3) is 6.98. The average Bonchev–Trinajstić information content (AvgIpc) is 2.83. The van der Waals surface area contributed by atoms with Crippen molar-refractivity contribution in [3.05, 3.63) is 89.2 Å². The van der Waals surface area contributed by atoms with Crippen LogP contribution in [0.4, 0.5) is 15.8 Å². The summed E-state index contributed by atoms with van der Waals surface area (Å²) < 4.78 is 20.2. The number of carboxylic acid groups (broad SMARTS) is 1. The van der Waals surface area contributed by atoms with Crippen LogP contribution in [-0.4, -0.2) is 25.7 Å². The van der Waals surface area contributed by atoms with Crippen LogP contribution in [-0.2, 0) is 24.2 Å². The van der Waals surface area contributed by atoms with E-state index in [9.17, 15) is 14.3 Å². The molecule has 1 N–H and O–H groups in total. The number of fused-ring (bicyclic) bond motifs is 1. The van der Waals surface area contributed by atoms with E-state index in [1.54, 1.807) is 12.1 Å². The summed E-state index contributed by atoms with van der Waals surface area (Å²) in [5.74, 6) is -0.697. The zero-order valence-corrected chi connectivity index (χ0v) is 21.6. The Bertz CT molecular complexity index is 1090. The number of aliphatic carboxylic acids is 1. The van der Waals surface area contributed by atoms with Crippen molar-refractivity contribution < 1.29 is 48.6 Å². The van der Waals surface area contributed by atoms with E-state index in [0.717, 1.165) is 31.7 Å². The van der Waals surface area contributed by atoms with Gasteiger partial charge in [0, 0.05) is 30.4 Å². The Kier molecular flexibility index (Phi) is 9.81. The zero-order chi connectivity index (χ0) is 23.0. The number of ether oxygens (including phenoxy) is 1. The first-order valence-corrected chi connectivity index (χ1v) is 11.4. The van der Waals surface area contributed by atoms with E-state index in [4.69, 9.17) is 4.74 Å². The topological polar surface area (TPSA) is 64.6 Å². The number of rotatable bonds is 10. The maximum atomic E-state index is 14.3. The van der Waals surface area contributed by atoms with E-state index in [2.05, 4.69) is 28.4 Å². The van der Waals surface area contributed by atoms with Gasteiger partial charge in [-0.05, 0) is 72.7 Å². The van der Waals surface area contributed by atoms with Crippen molar-refractivity contribution in [2.24, 2.45) is 0 Å². The van der Waals surface area contributed by atoms with Crippen LogP contribution >= 0.6 is 0 Å². The molecular formula is C27H28FN2NaO3. The number of aryl methyl sites for hydroxylation is 1. The monoisotopic (exact) mass is 470 g/mol. The second-order valence-corrected chi connectivity index (χ2v) is 8.20. The van der Waals surface area contributed by atoms with Gasteiger partial charge in [0.25, 0.3) is 0 Å². The summed E-state index contributed by atoms with van der Waals surface area (Å²) >= 11 is 0. The molecule has 34 heavy (non-hydrogen) atoms. The van der Waals surface area contributed by atoms with E-state index in [0.29, 0.717) is 24.4 Å². The van der Waals surface area contributed by atoms with Crippen molar-refractivity contribution in [1.29, 1.82) is 0 Å². The summed E-state index contributed by atoms with van der Waals surface area (Å²) in [6, 6.07) is 21.0. The number of carbonyl (C=O) groups excluding carboxylic acids is 1. The quantitative estimate of drug-likeness (QED) is 0.447. The van der Waals surface area contributed by atoms with E-state index in [1.807, 2.05) is 30.3 Å². The van der Waals surface area contributed by atoms with E-state index in [-0.39, 0.29) is 42.4 Å². The molecule has 172 valence electrons. The number of nitrogens with one attached hydrogen (secondary N) is 1. The molecular weight excluding hydrogens is 442 g/mol. The van der Waals surface area contributed by atoms with Crippen LogP contribution in [0.15, 0.2) is 66.7 Å². The Balaban J connectivity index is 0.00000324. The van der Waals surface area contributed by atoms with Crippen LogP contribution in [0.25, 0.3) is 0 Å². The van der Waals surface area contributed by atoms with Crippen LogP contribution in [0.2, 0.25) is 0 Å². The van der Waals surface area contributed by atoms with Crippen LogP contribution in [0.1, 0.15) is 29.5 Å². The summed E-state index contributed by atoms with van der Waals surface area (Å²) in [7, 11) is 0. The van der Waals surface area contributed by atoms with Gasteiger partial charge in [-0.1, -0.05) is 36.4 Å². The predicted octanol–water partition coefficient (Wildman–Crippen LogP) is 0.956. The van der Waals surface area contributed by atoms with Gasteiger partial charge in [-0.3, -0.25) is 0 Å². The predicted molar refractivity (Wildman–Crippen MR) is 126 cm³/mol. The number of benzene rings is 3. The second kappa shape index (κ2) is 12.8. The van der Waals surface area contributed by atoms with E-state index >= 15 is 0 Å². The van der Waals surface area contributed by atoms with Crippen molar-refractivity contribution in [3.63, 3.8) is 0 Å². The first-order valence-electron chi connectivity index (χ1n) is 11.4. The standard InChI is InChI=1S/C27H29FN2O3.Na/c28-25-18-22(13-11-20(25)12-14-27(31)32)29-19-21-6-4-10-26-24(21)9-5-15-30(26)16-17-33-23-7-2-1-3-8-23;/h1-4,6-8,10-11,13,18,29H,5,9,12,14-17,19H2,(H,31,32);/q;+1/p-1. The van der Waals surface area contributed by atoms with Crippen molar-refractivity contribution >= 4 is 17.3 Å². The maximum absolute atomic E-state index is 14.3. The van der Waals surface area contributed by atoms with Gasteiger partial charge in [0.15, 0.2) is 0 Å². The SMILES string of the molecule is O=C([O-])CCc1ccc(NCc2cccc3c2CCCN3CCOc2ccccc2)cc1F.[Na+]. The van der Waals surface area contributed by atoms with Crippen molar-refractivity contribution in [2.45, 2.75) is 32.2 Å². The molecule has 0 saturated carbocycles. The smallest absolute Gasteiger partial charge is 0.550 e. The molecule has 1 heterocycles. The largest absolute Gasteiger partial charge is 1.00 e. The molecule has 0 atom stereocenters. The molecule has 3 aromatic carbocycles. The van der Waals surface area contributed by atoms with Crippen LogP contribution in [0.5, 0.6) is 5.75 Å². The minimum atomic E-state index is -1.17. The molecule has 0 fully saturated rings. The first-order chi connectivity index (χ1) is 16.1. The van der Waals surface area contributed by atoms with Crippen molar-refractivity contribution in [2.75, 3.05) is 29.9 Å². The minimum Gasteiger partial charge on any atom is -0.550 e. The van der Waals surface area contributed by atoms with Gasteiger partial charge in [-0.25, -0.2) is 4.39 Å². The van der Waals surface area contributed by atoms with Gasteiger partial charge < -0.3 is 24.9 Å². The number of nitrogens with zero attached hydrogens (tertiary/aromatic N) is 1. The molecule has 1 aliphatic rings. The Morgan fingerprint density at radius 1 is 1.06 bits per heavy atom.